The van der Waals surface area contributed by atoms with Crippen molar-refractivity contribution in [1.82, 2.24) is 9.55 Å². The molecule has 3 rings (SSSR count). The number of nitrogens with zero attached hydrogens (tertiary/aromatic N) is 2. The van der Waals surface area contributed by atoms with Crippen LogP contribution in [0.3, 0.4) is 0 Å². The van der Waals surface area contributed by atoms with Gasteiger partial charge in [-0.3, -0.25) is 0 Å². The SMILES string of the molecule is CCC1(Cn2c(N)nc3cc(Br)ccc32)CCC1. The van der Waals surface area contributed by atoms with Gasteiger partial charge in [-0.25, -0.2) is 4.98 Å². The number of rotatable bonds is 3. The molecule has 1 saturated carbocycles. The van der Waals surface area contributed by atoms with Crippen LogP contribution in [0.1, 0.15) is 32.6 Å². The summed E-state index contributed by atoms with van der Waals surface area (Å²) in [7, 11) is 0. The zero-order chi connectivity index (χ0) is 12.8. The molecule has 18 heavy (non-hydrogen) atoms. The lowest BCUT2D eigenvalue weighted by Crippen LogP contribution is -2.33. The monoisotopic (exact) mass is 307 g/mol. The Morgan fingerprint density at radius 2 is 2.22 bits per heavy atom. The molecule has 0 aliphatic heterocycles. The van der Waals surface area contributed by atoms with E-state index in [2.05, 4.69) is 44.5 Å². The number of anilines is 1. The van der Waals surface area contributed by atoms with Crippen LogP contribution in [0.15, 0.2) is 22.7 Å². The van der Waals surface area contributed by atoms with E-state index in [-0.39, 0.29) is 0 Å². The Morgan fingerprint density at radius 3 is 2.83 bits per heavy atom. The summed E-state index contributed by atoms with van der Waals surface area (Å²) in [5.74, 6) is 0.642. The van der Waals surface area contributed by atoms with E-state index in [0.29, 0.717) is 11.4 Å². The summed E-state index contributed by atoms with van der Waals surface area (Å²) < 4.78 is 3.23. The van der Waals surface area contributed by atoms with Gasteiger partial charge >= 0.3 is 0 Å². The molecule has 1 aliphatic rings. The van der Waals surface area contributed by atoms with E-state index in [4.69, 9.17) is 5.73 Å². The lowest BCUT2D eigenvalue weighted by Gasteiger charge is -2.41. The normalized spacial score (nSPS) is 17.9. The van der Waals surface area contributed by atoms with Crippen LogP contribution in [0, 0.1) is 5.41 Å². The van der Waals surface area contributed by atoms with Crippen molar-refractivity contribution in [3.05, 3.63) is 22.7 Å². The average Bonchev–Trinajstić information content (AvgIpc) is 2.59. The molecule has 3 nitrogen and oxygen atoms in total. The molecule has 96 valence electrons. The number of hydrogen-bond acceptors (Lipinski definition) is 2. The fourth-order valence-corrected chi connectivity index (χ4v) is 3.27. The third-order valence-corrected chi connectivity index (χ3v) is 4.89. The molecule has 1 aromatic carbocycles. The number of fused-ring (bicyclic) bond motifs is 1. The van der Waals surface area contributed by atoms with Gasteiger partial charge in [-0.05, 0) is 42.9 Å². The molecule has 1 heterocycles. The summed E-state index contributed by atoms with van der Waals surface area (Å²) >= 11 is 3.48. The van der Waals surface area contributed by atoms with Crippen molar-refractivity contribution in [2.45, 2.75) is 39.2 Å². The fourth-order valence-electron chi connectivity index (χ4n) is 2.92. The predicted octanol–water partition coefficient (Wildman–Crippen LogP) is 3.96. The lowest BCUT2D eigenvalue weighted by atomic mass is 9.67. The third kappa shape index (κ3) is 1.83. The minimum atomic E-state index is 0.453. The molecule has 2 aromatic rings. The second-order valence-electron chi connectivity index (χ2n) is 5.40. The number of nitrogen functional groups attached to an aromatic ring is 1. The van der Waals surface area contributed by atoms with Crippen molar-refractivity contribution in [2.24, 2.45) is 5.41 Å². The highest BCUT2D eigenvalue weighted by Gasteiger charge is 2.36. The van der Waals surface area contributed by atoms with Crippen molar-refractivity contribution in [1.29, 1.82) is 0 Å². The second-order valence-corrected chi connectivity index (χ2v) is 6.31. The van der Waals surface area contributed by atoms with Crippen LogP contribution in [-0.2, 0) is 6.54 Å². The summed E-state index contributed by atoms with van der Waals surface area (Å²) in [5.41, 5.74) is 8.66. The standard InChI is InChI=1S/C14H18BrN3/c1-2-14(6-3-7-14)9-18-12-5-4-10(15)8-11(12)17-13(18)16/h4-5,8H,2-3,6-7,9H2,1H3,(H2,16,17). The first-order valence-corrected chi connectivity index (χ1v) is 7.34. The summed E-state index contributed by atoms with van der Waals surface area (Å²) in [6.07, 6.45) is 5.22. The minimum Gasteiger partial charge on any atom is -0.369 e. The number of aromatic nitrogens is 2. The van der Waals surface area contributed by atoms with E-state index in [9.17, 15) is 0 Å². The van der Waals surface area contributed by atoms with Gasteiger partial charge in [0.05, 0.1) is 11.0 Å². The Labute approximate surface area is 116 Å². The smallest absolute Gasteiger partial charge is 0.201 e. The highest BCUT2D eigenvalue weighted by atomic mass is 79.9. The van der Waals surface area contributed by atoms with Crippen LogP contribution < -0.4 is 5.73 Å². The van der Waals surface area contributed by atoms with Gasteiger partial charge in [-0.1, -0.05) is 29.3 Å². The van der Waals surface area contributed by atoms with Gasteiger partial charge in [-0.15, -0.1) is 0 Å². The molecule has 2 N–H and O–H groups in total. The molecule has 0 bridgehead atoms. The van der Waals surface area contributed by atoms with Crippen molar-refractivity contribution in [3.63, 3.8) is 0 Å². The maximum Gasteiger partial charge on any atom is 0.201 e. The molecule has 1 aliphatic carbocycles. The van der Waals surface area contributed by atoms with Crippen molar-refractivity contribution >= 4 is 32.9 Å². The van der Waals surface area contributed by atoms with E-state index >= 15 is 0 Å². The van der Waals surface area contributed by atoms with Crippen LogP contribution in [0.4, 0.5) is 5.95 Å². The molecule has 1 aromatic heterocycles. The van der Waals surface area contributed by atoms with E-state index in [0.717, 1.165) is 22.1 Å². The van der Waals surface area contributed by atoms with Crippen LogP contribution in [0.5, 0.6) is 0 Å². The number of benzene rings is 1. The van der Waals surface area contributed by atoms with E-state index in [1.165, 1.54) is 25.7 Å². The molecular weight excluding hydrogens is 290 g/mol. The van der Waals surface area contributed by atoms with Crippen LogP contribution >= 0.6 is 15.9 Å². The lowest BCUT2D eigenvalue weighted by molar-refractivity contribution is 0.103. The molecule has 0 atom stereocenters. The maximum atomic E-state index is 6.08. The zero-order valence-electron chi connectivity index (χ0n) is 10.6. The molecule has 0 radical (unpaired) electrons. The zero-order valence-corrected chi connectivity index (χ0v) is 12.2. The van der Waals surface area contributed by atoms with Crippen molar-refractivity contribution in [3.8, 4) is 0 Å². The van der Waals surface area contributed by atoms with Crippen LogP contribution in [0.25, 0.3) is 11.0 Å². The van der Waals surface area contributed by atoms with Gasteiger partial charge in [0.2, 0.25) is 5.95 Å². The maximum absolute atomic E-state index is 6.08. The first-order chi connectivity index (χ1) is 8.63. The van der Waals surface area contributed by atoms with Crippen molar-refractivity contribution < 1.29 is 0 Å². The fraction of sp³-hybridized carbons (Fsp3) is 0.500. The Morgan fingerprint density at radius 1 is 1.44 bits per heavy atom. The summed E-state index contributed by atoms with van der Waals surface area (Å²) in [5, 5.41) is 0. The first-order valence-electron chi connectivity index (χ1n) is 6.55. The molecule has 1 fully saturated rings. The van der Waals surface area contributed by atoms with Gasteiger partial charge in [0, 0.05) is 11.0 Å². The van der Waals surface area contributed by atoms with Crippen LogP contribution in [0.2, 0.25) is 0 Å². The highest BCUT2D eigenvalue weighted by molar-refractivity contribution is 9.10. The minimum absolute atomic E-state index is 0.453. The summed E-state index contributed by atoms with van der Waals surface area (Å²) in [6, 6.07) is 6.19. The molecule has 0 amide bonds. The second kappa shape index (κ2) is 4.26. The largest absolute Gasteiger partial charge is 0.369 e. The first kappa shape index (κ1) is 12.0. The third-order valence-electron chi connectivity index (χ3n) is 4.40. The molecule has 0 spiro atoms. The van der Waals surface area contributed by atoms with Crippen LogP contribution in [-0.4, -0.2) is 9.55 Å². The van der Waals surface area contributed by atoms with E-state index in [1.54, 1.807) is 0 Å². The van der Waals surface area contributed by atoms with Gasteiger partial charge in [0.1, 0.15) is 0 Å². The Hall–Kier alpha value is -1.03. The summed E-state index contributed by atoms with van der Waals surface area (Å²) in [6.45, 7) is 3.29. The molecule has 0 unspecified atom stereocenters. The average molecular weight is 308 g/mol. The molecular formula is C14H18BrN3. The Bertz CT molecular complexity index is 578. The van der Waals surface area contributed by atoms with Gasteiger partial charge < -0.3 is 10.3 Å². The van der Waals surface area contributed by atoms with Gasteiger partial charge in [0.25, 0.3) is 0 Å². The predicted molar refractivity (Wildman–Crippen MR) is 78.4 cm³/mol. The van der Waals surface area contributed by atoms with E-state index in [1.807, 2.05) is 6.07 Å². The van der Waals surface area contributed by atoms with Crippen molar-refractivity contribution in [2.75, 3.05) is 5.73 Å². The highest BCUT2D eigenvalue weighted by Crippen LogP contribution is 2.46. The topological polar surface area (TPSA) is 43.8 Å². The number of nitrogens with two attached hydrogens (primary N) is 1. The number of hydrogen-bond donors (Lipinski definition) is 1. The quantitative estimate of drug-likeness (QED) is 0.932. The molecule has 4 heteroatoms. The summed E-state index contributed by atoms with van der Waals surface area (Å²) in [4.78, 5) is 4.46. The van der Waals surface area contributed by atoms with Gasteiger partial charge in [0.15, 0.2) is 0 Å². The van der Waals surface area contributed by atoms with E-state index < -0.39 is 0 Å². The van der Waals surface area contributed by atoms with Gasteiger partial charge in [-0.2, -0.15) is 0 Å². The number of imidazole rings is 1. The molecule has 0 saturated heterocycles. The Kier molecular flexibility index (Phi) is 2.85. The number of halogens is 1. The Balaban J connectivity index is 2.03.